The number of nitrogens with zero attached hydrogens (tertiary/aromatic N) is 2. The fraction of sp³-hybridized carbons (Fsp3) is 0.148. The molecule has 36 heavy (non-hydrogen) atoms. The van der Waals surface area contributed by atoms with Gasteiger partial charge < -0.3 is 19.3 Å². The molecule has 1 aromatic heterocycles. The topological polar surface area (TPSA) is 98.2 Å². The standard InChI is InChI=1S/C27H22N2O6S/c1-33-17-8-4-6-15(12-17)23-22(24(30)16-7-5-9-18(13-16)34-2)25(31)26(32)29(23)27-28-20-11-10-19(35-3)14-21(20)36-27/h4-14,23,30H,1-3H3/b24-22+. The van der Waals surface area contributed by atoms with E-state index in [1.165, 1.54) is 30.5 Å². The molecule has 0 aliphatic carbocycles. The van der Waals surface area contributed by atoms with Crippen LogP contribution in [0.5, 0.6) is 17.2 Å². The highest BCUT2D eigenvalue weighted by molar-refractivity contribution is 7.22. The summed E-state index contributed by atoms with van der Waals surface area (Å²) in [5.74, 6) is -0.175. The van der Waals surface area contributed by atoms with Crippen LogP contribution in [0.4, 0.5) is 5.13 Å². The molecular weight excluding hydrogens is 480 g/mol. The Labute approximate surface area is 211 Å². The third-order valence-corrected chi connectivity index (χ3v) is 7.00. The molecule has 182 valence electrons. The molecule has 1 aliphatic rings. The van der Waals surface area contributed by atoms with Gasteiger partial charge >= 0.3 is 5.91 Å². The second-order valence-corrected chi connectivity index (χ2v) is 9.02. The molecule has 0 spiro atoms. The third kappa shape index (κ3) is 3.93. The zero-order valence-corrected chi connectivity index (χ0v) is 20.5. The minimum Gasteiger partial charge on any atom is -0.507 e. The van der Waals surface area contributed by atoms with Crippen LogP contribution in [0, 0.1) is 0 Å². The van der Waals surface area contributed by atoms with E-state index in [0.29, 0.717) is 39.0 Å². The molecular formula is C27H22N2O6S. The van der Waals surface area contributed by atoms with Gasteiger partial charge in [0.1, 0.15) is 23.0 Å². The van der Waals surface area contributed by atoms with Crippen LogP contribution in [0.15, 0.2) is 72.3 Å². The van der Waals surface area contributed by atoms with E-state index in [2.05, 4.69) is 4.98 Å². The van der Waals surface area contributed by atoms with Gasteiger partial charge in [-0.05, 0) is 48.0 Å². The number of carbonyl (C=O) groups excluding carboxylic acids is 2. The second-order valence-electron chi connectivity index (χ2n) is 8.01. The van der Waals surface area contributed by atoms with Gasteiger partial charge in [0.05, 0.1) is 43.2 Å². The molecule has 1 saturated heterocycles. The minimum atomic E-state index is -0.922. The highest BCUT2D eigenvalue weighted by atomic mass is 32.1. The summed E-state index contributed by atoms with van der Waals surface area (Å²) in [6, 6.07) is 18.2. The van der Waals surface area contributed by atoms with E-state index < -0.39 is 17.7 Å². The summed E-state index contributed by atoms with van der Waals surface area (Å²) in [5.41, 5.74) is 1.57. The number of benzene rings is 3. The zero-order chi connectivity index (χ0) is 25.4. The number of aliphatic hydroxyl groups is 1. The lowest BCUT2D eigenvalue weighted by Gasteiger charge is -2.23. The summed E-state index contributed by atoms with van der Waals surface area (Å²) in [4.78, 5) is 32.8. The molecule has 1 aliphatic heterocycles. The van der Waals surface area contributed by atoms with Crippen molar-refractivity contribution in [2.75, 3.05) is 26.2 Å². The van der Waals surface area contributed by atoms with Crippen LogP contribution < -0.4 is 19.1 Å². The number of hydrogen-bond donors (Lipinski definition) is 1. The summed E-state index contributed by atoms with van der Waals surface area (Å²) >= 11 is 1.26. The molecule has 2 heterocycles. The van der Waals surface area contributed by atoms with Gasteiger partial charge in [-0.1, -0.05) is 35.6 Å². The van der Waals surface area contributed by atoms with Crippen molar-refractivity contribution in [2.24, 2.45) is 0 Å². The number of amides is 1. The molecule has 3 aromatic carbocycles. The zero-order valence-electron chi connectivity index (χ0n) is 19.7. The number of Topliss-reactive ketones (excluding diaryl/α,β-unsaturated/α-hetero) is 1. The summed E-state index contributed by atoms with van der Waals surface area (Å²) < 4.78 is 16.8. The molecule has 8 nitrogen and oxygen atoms in total. The van der Waals surface area contributed by atoms with Gasteiger partial charge in [0.15, 0.2) is 5.13 Å². The maximum absolute atomic E-state index is 13.4. The molecule has 1 amide bonds. The van der Waals surface area contributed by atoms with Crippen LogP contribution in [0.25, 0.3) is 16.0 Å². The van der Waals surface area contributed by atoms with E-state index in [0.717, 1.165) is 4.70 Å². The monoisotopic (exact) mass is 502 g/mol. The normalized spacial score (nSPS) is 17.0. The van der Waals surface area contributed by atoms with Crippen molar-refractivity contribution < 1.29 is 28.9 Å². The number of fused-ring (bicyclic) bond motifs is 1. The predicted octanol–water partition coefficient (Wildman–Crippen LogP) is 4.95. The number of anilines is 1. The molecule has 1 atom stereocenters. The fourth-order valence-corrected chi connectivity index (χ4v) is 5.23. The Hall–Kier alpha value is -4.37. The van der Waals surface area contributed by atoms with Crippen molar-refractivity contribution in [1.29, 1.82) is 0 Å². The summed E-state index contributed by atoms with van der Waals surface area (Å²) in [6.07, 6.45) is 0. The van der Waals surface area contributed by atoms with Gasteiger partial charge in [-0.25, -0.2) is 4.98 Å². The Morgan fingerprint density at radius 2 is 1.56 bits per heavy atom. The van der Waals surface area contributed by atoms with E-state index in [1.807, 2.05) is 6.07 Å². The molecule has 1 N–H and O–H groups in total. The maximum Gasteiger partial charge on any atom is 0.301 e. The average Bonchev–Trinajstić information content (AvgIpc) is 3.45. The summed E-state index contributed by atoms with van der Waals surface area (Å²) in [5, 5.41) is 11.7. The van der Waals surface area contributed by atoms with Crippen LogP contribution in [-0.2, 0) is 9.59 Å². The lowest BCUT2D eigenvalue weighted by Crippen LogP contribution is -2.29. The molecule has 4 aromatic rings. The largest absolute Gasteiger partial charge is 0.507 e. The first-order chi connectivity index (χ1) is 17.4. The lowest BCUT2D eigenvalue weighted by molar-refractivity contribution is -0.132. The van der Waals surface area contributed by atoms with E-state index in [9.17, 15) is 14.7 Å². The maximum atomic E-state index is 13.4. The van der Waals surface area contributed by atoms with Crippen LogP contribution in [-0.4, -0.2) is 43.1 Å². The first kappa shape index (κ1) is 23.4. The van der Waals surface area contributed by atoms with Gasteiger partial charge in [0.2, 0.25) is 0 Å². The average molecular weight is 503 g/mol. The van der Waals surface area contributed by atoms with Crippen molar-refractivity contribution in [2.45, 2.75) is 6.04 Å². The Bertz CT molecular complexity index is 1530. The molecule has 0 radical (unpaired) electrons. The Balaban J connectivity index is 1.73. The number of ketones is 1. The van der Waals surface area contributed by atoms with E-state index in [1.54, 1.807) is 67.8 Å². The van der Waals surface area contributed by atoms with Crippen molar-refractivity contribution in [3.8, 4) is 17.2 Å². The van der Waals surface area contributed by atoms with Gasteiger partial charge in [-0.2, -0.15) is 0 Å². The van der Waals surface area contributed by atoms with Gasteiger partial charge in [-0.3, -0.25) is 14.5 Å². The first-order valence-electron chi connectivity index (χ1n) is 11.0. The van der Waals surface area contributed by atoms with E-state index >= 15 is 0 Å². The van der Waals surface area contributed by atoms with Crippen LogP contribution in [0.2, 0.25) is 0 Å². The van der Waals surface area contributed by atoms with Gasteiger partial charge in [-0.15, -0.1) is 0 Å². The molecule has 1 unspecified atom stereocenters. The number of hydrogen-bond acceptors (Lipinski definition) is 8. The Morgan fingerprint density at radius 1 is 0.889 bits per heavy atom. The van der Waals surface area contributed by atoms with Crippen molar-refractivity contribution >= 4 is 44.1 Å². The number of ether oxygens (including phenoxy) is 3. The fourth-order valence-electron chi connectivity index (χ4n) is 4.21. The number of carbonyl (C=O) groups is 2. The predicted molar refractivity (Wildman–Crippen MR) is 137 cm³/mol. The van der Waals surface area contributed by atoms with Crippen molar-refractivity contribution in [3.63, 3.8) is 0 Å². The van der Waals surface area contributed by atoms with Gasteiger partial charge in [0, 0.05) is 5.56 Å². The number of methoxy groups -OCH3 is 3. The highest BCUT2D eigenvalue weighted by Crippen LogP contribution is 2.45. The lowest BCUT2D eigenvalue weighted by atomic mass is 9.95. The molecule has 0 saturated carbocycles. The highest BCUT2D eigenvalue weighted by Gasteiger charge is 2.48. The second kappa shape index (κ2) is 9.35. The number of aliphatic hydroxyl groups excluding tert-OH is 1. The first-order valence-corrected chi connectivity index (χ1v) is 11.8. The summed E-state index contributed by atoms with van der Waals surface area (Å²) in [7, 11) is 4.62. The van der Waals surface area contributed by atoms with Crippen LogP contribution >= 0.6 is 11.3 Å². The van der Waals surface area contributed by atoms with Gasteiger partial charge in [0.25, 0.3) is 5.78 Å². The van der Waals surface area contributed by atoms with E-state index in [4.69, 9.17) is 14.2 Å². The van der Waals surface area contributed by atoms with Crippen molar-refractivity contribution in [3.05, 3.63) is 83.4 Å². The number of thiazole rings is 1. The quantitative estimate of drug-likeness (QED) is 0.226. The molecule has 5 rings (SSSR count). The molecule has 1 fully saturated rings. The SMILES string of the molecule is COc1cccc(/C(O)=C2\C(=O)C(=O)N(c3nc4ccc(OC)cc4s3)C2c2cccc(OC)c2)c1. The smallest absolute Gasteiger partial charge is 0.301 e. The molecule has 0 bridgehead atoms. The molecule has 9 heteroatoms. The minimum absolute atomic E-state index is 0.0432. The Morgan fingerprint density at radius 3 is 2.28 bits per heavy atom. The van der Waals surface area contributed by atoms with Crippen molar-refractivity contribution in [1.82, 2.24) is 4.98 Å². The van der Waals surface area contributed by atoms with E-state index in [-0.39, 0.29) is 11.3 Å². The Kier molecular flexibility index (Phi) is 6.07. The third-order valence-electron chi connectivity index (χ3n) is 5.99. The van der Waals surface area contributed by atoms with Crippen LogP contribution in [0.1, 0.15) is 17.2 Å². The summed E-state index contributed by atoms with van der Waals surface area (Å²) in [6.45, 7) is 0. The number of rotatable bonds is 6. The van der Waals surface area contributed by atoms with Crippen LogP contribution in [0.3, 0.4) is 0 Å². The number of aromatic nitrogens is 1.